The molecular weight excluding hydrogens is 314 g/mol. The highest BCUT2D eigenvalue weighted by Crippen LogP contribution is 2.19. The van der Waals surface area contributed by atoms with Gasteiger partial charge in [0.15, 0.2) is 0 Å². The Hall–Kier alpha value is -1.96. The largest absolute Gasteiger partial charge is 0.366 e. The van der Waals surface area contributed by atoms with Gasteiger partial charge in [0.2, 0.25) is 15.9 Å². The SMILES string of the molecule is NC(=O)c1cccc(CNS(=O)(=O)c2cnccc2Cl)c1. The summed E-state index contributed by atoms with van der Waals surface area (Å²) in [6.07, 6.45) is 2.57. The maximum atomic E-state index is 12.1. The Bertz CT molecular complexity index is 778. The van der Waals surface area contributed by atoms with Crippen molar-refractivity contribution in [2.75, 3.05) is 0 Å². The van der Waals surface area contributed by atoms with E-state index in [2.05, 4.69) is 9.71 Å². The van der Waals surface area contributed by atoms with Crippen molar-refractivity contribution in [3.63, 3.8) is 0 Å². The van der Waals surface area contributed by atoms with Crippen LogP contribution in [0, 0.1) is 0 Å². The van der Waals surface area contributed by atoms with Gasteiger partial charge in [0, 0.05) is 24.5 Å². The van der Waals surface area contributed by atoms with Crippen molar-refractivity contribution in [1.29, 1.82) is 0 Å². The third-order valence-corrected chi connectivity index (χ3v) is 4.57. The molecule has 2 rings (SSSR count). The van der Waals surface area contributed by atoms with Gasteiger partial charge in [-0.15, -0.1) is 0 Å². The standard InChI is InChI=1S/C13H12ClN3O3S/c14-11-4-5-16-8-12(11)21(19,20)17-7-9-2-1-3-10(6-9)13(15)18/h1-6,8,17H,7H2,(H2,15,18). The second-order valence-corrected chi connectivity index (χ2v) is 6.34. The van der Waals surface area contributed by atoms with Gasteiger partial charge in [0.05, 0.1) is 5.02 Å². The van der Waals surface area contributed by atoms with E-state index in [9.17, 15) is 13.2 Å². The molecule has 6 nitrogen and oxygen atoms in total. The van der Waals surface area contributed by atoms with E-state index in [-0.39, 0.29) is 16.5 Å². The summed E-state index contributed by atoms with van der Waals surface area (Å²) in [6.45, 7) is 0.00861. The number of pyridine rings is 1. The maximum absolute atomic E-state index is 12.1. The molecule has 0 aliphatic carbocycles. The predicted octanol–water partition coefficient (Wildman–Crippen LogP) is 1.31. The summed E-state index contributed by atoms with van der Waals surface area (Å²) in [5, 5.41) is 0.0865. The predicted molar refractivity (Wildman–Crippen MR) is 78.2 cm³/mol. The molecule has 8 heteroatoms. The quantitative estimate of drug-likeness (QED) is 0.865. The summed E-state index contributed by atoms with van der Waals surface area (Å²) in [5.74, 6) is -0.574. The van der Waals surface area contributed by atoms with Crippen LogP contribution in [-0.4, -0.2) is 19.3 Å². The molecule has 0 fully saturated rings. The Morgan fingerprint density at radius 2 is 2.10 bits per heavy atom. The number of carbonyl (C=O) groups excluding carboxylic acids is 1. The first-order valence-electron chi connectivity index (χ1n) is 5.88. The number of nitrogens with one attached hydrogen (secondary N) is 1. The molecule has 0 saturated heterocycles. The molecule has 0 bridgehead atoms. The summed E-state index contributed by atoms with van der Waals surface area (Å²) in [7, 11) is -3.78. The fraction of sp³-hybridized carbons (Fsp3) is 0.0769. The molecule has 0 saturated carbocycles. The van der Waals surface area contributed by atoms with Crippen molar-refractivity contribution < 1.29 is 13.2 Å². The van der Waals surface area contributed by atoms with E-state index in [1.807, 2.05) is 0 Å². The summed E-state index contributed by atoms with van der Waals surface area (Å²) in [5.41, 5.74) is 6.09. The lowest BCUT2D eigenvalue weighted by molar-refractivity contribution is 0.1000. The van der Waals surface area contributed by atoms with E-state index in [0.717, 1.165) is 0 Å². The number of hydrogen-bond donors (Lipinski definition) is 2. The zero-order chi connectivity index (χ0) is 15.5. The van der Waals surface area contributed by atoms with Gasteiger partial charge >= 0.3 is 0 Å². The van der Waals surface area contributed by atoms with Crippen LogP contribution in [0.1, 0.15) is 15.9 Å². The molecule has 0 aliphatic rings. The molecule has 3 N–H and O–H groups in total. The number of halogens is 1. The summed E-state index contributed by atoms with van der Waals surface area (Å²) >= 11 is 5.84. The Morgan fingerprint density at radius 3 is 2.76 bits per heavy atom. The Labute approximate surface area is 127 Å². The molecule has 21 heavy (non-hydrogen) atoms. The van der Waals surface area contributed by atoms with E-state index in [1.54, 1.807) is 18.2 Å². The molecule has 1 aromatic heterocycles. The van der Waals surface area contributed by atoms with Crippen LogP contribution in [0.4, 0.5) is 0 Å². The average Bonchev–Trinajstić information content (AvgIpc) is 2.46. The summed E-state index contributed by atoms with van der Waals surface area (Å²) in [6, 6.07) is 7.78. The van der Waals surface area contributed by atoms with Crippen LogP contribution in [0.3, 0.4) is 0 Å². The first-order valence-corrected chi connectivity index (χ1v) is 7.74. The first kappa shape index (κ1) is 15.4. The highest BCUT2D eigenvalue weighted by molar-refractivity contribution is 7.89. The fourth-order valence-electron chi connectivity index (χ4n) is 1.65. The van der Waals surface area contributed by atoms with Gasteiger partial charge in [-0.3, -0.25) is 9.78 Å². The third kappa shape index (κ3) is 3.78. The van der Waals surface area contributed by atoms with Crippen LogP contribution in [-0.2, 0) is 16.6 Å². The number of amides is 1. The smallest absolute Gasteiger partial charge is 0.248 e. The number of sulfonamides is 1. The maximum Gasteiger partial charge on any atom is 0.248 e. The van der Waals surface area contributed by atoms with Crippen molar-refractivity contribution in [1.82, 2.24) is 9.71 Å². The molecule has 1 heterocycles. The topological polar surface area (TPSA) is 102 Å². The lowest BCUT2D eigenvalue weighted by Crippen LogP contribution is -2.24. The minimum atomic E-state index is -3.78. The lowest BCUT2D eigenvalue weighted by Gasteiger charge is -2.08. The number of nitrogens with two attached hydrogens (primary N) is 1. The molecule has 0 unspecified atom stereocenters. The van der Waals surface area contributed by atoms with E-state index in [0.29, 0.717) is 11.1 Å². The molecule has 0 aliphatic heterocycles. The van der Waals surface area contributed by atoms with Gasteiger partial charge < -0.3 is 5.73 Å². The van der Waals surface area contributed by atoms with Crippen LogP contribution in [0.25, 0.3) is 0 Å². The Morgan fingerprint density at radius 1 is 1.33 bits per heavy atom. The van der Waals surface area contributed by atoms with Gasteiger partial charge in [-0.1, -0.05) is 23.7 Å². The zero-order valence-corrected chi connectivity index (χ0v) is 12.4. The molecule has 2 aromatic rings. The molecule has 0 radical (unpaired) electrons. The monoisotopic (exact) mass is 325 g/mol. The van der Waals surface area contributed by atoms with Gasteiger partial charge in [-0.25, -0.2) is 13.1 Å². The van der Waals surface area contributed by atoms with E-state index >= 15 is 0 Å². The normalized spacial score (nSPS) is 11.3. The summed E-state index contributed by atoms with van der Waals surface area (Å²) in [4.78, 5) is 14.7. The highest BCUT2D eigenvalue weighted by Gasteiger charge is 2.17. The first-order chi connectivity index (χ1) is 9.90. The van der Waals surface area contributed by atoms with Crippen LogP contribution >= 0.6 is 11.6 Å². The number of carbonyl (C=O) groups is 1. The van der Waals surface area contributed by atoms with Gasteiger partial charge in [-0.05, 0) is 23.8 Å². The number of hydrogen-bond acceptors (Lipinski definition) is 4. The van der Waals surface area contributed by atoms with Crippen molar-refractivity contribution >= 4 is 27.5 Å². The number of nitrogens with zero attached hydrogens (tertiary/aromatic N) is 1. The fourth-order valence-corrected chi connectivity index (χ4v) is 3.10. The van der Waals surface area contributed by atoms with Gasteiger partial charge in [-0.2, -0.15) is 0 Å². The van der Waals surface area contributed by atoms with Gasteiger partial charge in [0.25, 0.3) is 0 Å². The molecule has 1 aromatic carbocycles. The minimum absolute atomic E-state index is 0.00861. The van der Waals surface area contributed by atoms with Crippen LogP contribution < -0.4 is 10.5 Å². The van der Waals surface area contributed by atoms with Crippen molar-refractivity contribution in [3.05, 3.63) is 58.9 Å². The van der Waals surface area contributed by atoms with E-state index in [4.69, 9.17) is 17.3 Å². The number of aromatic nitrogens is 1. The van der Waals surface area contributed by atoms with Crippen LogP contribution in [0.5, 0.6) is 0 Å². The molecular formula is C13H12ClN3O3S. The lowest BCUT2D eigenvalue weighted by atomic mass is 10.1. The second-order valence-electron chi connectivity index (χ2n) is 4.20. The second kappa shape index (κ2) is 6.21. The van der Waals surface area contributed by atoms with Crippen molar-refractivity contribution in [2.24, 2.45) is 5.73 Å². The number of primary amides is 1. The molecule has 1 amide bonds. The van der Waals surface area contributed by atoms with Crippen LogP contribution in [0.2, 0.25) is 5.02 Å². The summed E-state index contributed by atoms with van der Waals surface area (Å²) < 4.78 is 26.6. The molecule has 110 valence electrons. The molecule has 0 spiro atoms. The third-order valence-electron chi connectivity index (χ3n) is 2.70. The van der Waals surface area contributed by atoms with E-state index < -0.39 is 15.9 Å². The van der Waals surface area contributed by atoms with Crippen molar-refractivity contribution in [2.45, 2.75) is 11.4 Å². The van der Waals surface area contributed by atoms with Crippen LogP contribution in [0.15, 0.2) is 47.6 Å². The highest BCUT2D eigenvalue weighted by atomic mass is 35.5. The zero-order valence-electron chi connectivity index (χ0n) is 10.8. The Kier molecular flexibility index (Phi) is 4.56. The number of rotatable bonds is 5. The number of benzene rings is 1. The van der Waals surface area contributed by atoms with E-state index in [1.165, 1.54) is 24.5 Å². The molecule has 0 atom stereocenters. The minimum Gasteiger partial charge on any atom is -0.366 e. The Balaban J connectivity index is 2.18. The average molecular weight is 326 g/mol. The van der Waals surface area contributed by atoms with Crippen molar-refractivity contribution in [3.8, 4) is 0 Å². The van der Waals surface area contributed by atoms with Gasteiger partial charge in [0.1, 0.15) is 4.90 Å².